The molecule has 1 N–H and O–H groups in total. The molecule has 14 nitrogen and oxygen atoms in total. The fourth-order valence-corrected chi connectivity index (χ4v) is 11.2. The first-order valence-corrected chi connectivity index (χ1v) is 26.0. The molecule has 2 aliphatic heterocycles. The second kappa shape index (κ2) is 22.6. The minimum atomic E-state index is -3.91. The Bertz CT molecular complexity index is 2280. The number of ether oxygens (including phenoxy) is 5. The number of carbonyl (C=O) groups is 1. The van der Waals surface area contributed by atoms with Gasteiger partial charge in [0.05, 0.1) is 27.4 Å². The van der Waals surface area contributed by atoms with Crippen LogP contribution in [0.5, 0.6) is 11.5 Å². The molecule has 2 unspecified atom stereocenters. The number of aromatic nitrogens is 2. The lowest BCUT2D eigenvalue weighted by Gasteiger charge is -2.37. The molecule has 16 heteroatoms. The van der Waals surface area contributed by atoms with Crippen molar-refractivity contribution in [2.45, 2.75) is 129 Å². The van der Waals surface area contributed by atoms with Crippen LogP contribution in [0.4, 0.5) is 5.82 Å². The molecule has 366 valence electrons. The summed E-state index contributed by atoms with van der Waals surface area (Å²) >= 11 is 1.17. The number of fused-ring (bicyclic) bond motifs is 1. The Hall–Kier alpha value is -4.05. The van der Waals surface area contributed by atoms with E-state index in [1.807, 2.05) is 120 Å². The molecule has 2 saturated heterocycles. The van der Waals surface area contributed by atoms with Crippen molar-refractivity contribution in [1.29, 1.82) is 0 Å². The van der Waals surface area contributed by atoms with Crippen LogP contribution in [0.2, 0.25) is 0 Å². The highest BCUT2D eigenvalue weighted by Gasteiger charge is 2.64. The zero-order valence-electron chi connectivity index (χ0n) is 41.0. The van der Waals surface area contributed by atoms with Crippen molar-refractivity contribution in [1.82, 2.24) is 14.2 Å². The largest absolute Gasteiger partial charge is 0.497 e. The predicted molar refractivity (Wildman–Crippen MR) is 264 cm³/mol. The van der Waals surface area contributed by atoms with Crippen LogP contribution in [-0.4, -0.2) is 89.7 Å². The first-order chi connectivity index (χ1) is 31.9. The molecule has 0 aliphatic carbocycles. The first-order valence-electron chi connectivity index (χ1n) is 23.5. The van der Waals surface area contributed by atoms with Gasteiger partial charge in [-0.3, -0.25) is 18.4 Å². The number of rotatable bonds is 25. The van der Waals surface area contributed by atoms with Gasteiger partial charge in [-0.2, -0.15) is 4.98 Å². The maximum absolute atomic E-state index is 14.7. The Morgan fingerprint density at radius 2 is 1.46 bits per heavy atom. The highest BCUT2D eigenvalue weighted by Crippen LogP contribution is 2.55. The molecule has 3 aromatic carbocycles. The zero-order valence-corrected chi connectivity index (χ0v) is 42.7. The van der Waals surface area contributed by atoms with Gasteiger partial charge in [0, 0.05) is 23.9 Å². The Balaban J connectivity index is 1.28. The van der Waals surface area contributed by atoms with Crippen LogP contribution in [0.15, 0.2) is 95.9 Å². The third kappa shape index (κ3) is 12.0. The van der Waals surface area contributed by atoms with Gasteiger partial charge in [-0.05, 0) is 87.7 Å². The lowest BCUT2D eigenvalue weighted by atomic mass is 9.77. The van der Waals surface area contributed by atoms with Gasteiger partial charge in [-0.15, -0.1) is 0 Å². The van der Waals surface area contributed by atoms with Gasteiger partial charge in [-0.25, -0.2) is 14.0 Å². The van der Waals surface area contributed by atoms with Crippen molar-refractivity contribution in [3.63, 3.8) is 0 Å². The van der Waals surface area contributed by atoms with E-state index in [0.29, 0.717) is 36.0 Å². The van der Waals surface area contributed by atoms with Gasteiger partial charge >= 0.3 is 13.4 Å². The fourth-order valence-electron chi connectivity index (χ4n) is 8.72. The average Bonchev–Trinajstić information content (AvgIpc) is 3.74. The van der Waals surface area contributed by atoms with Gasteiger partial charge < -0.3 is 29.0 Å². The van der Waals surface area contributed by atoms with Gasteiger partial charge in [0.25, 0.3) is 0 Å². The zero-order chi connectivity index (χ0) is 48.5. The molecule has 5 atom stereocenters. The number of unbranched alkanes of at least 4 members (excludes halogenated alkanes) is 5. The summed E-state index contributed by atoms with van der Waals surface area (Å²) in [6.07, 6.45) is 6.19. The van der Waals surface area contributed by atoms with Gasteiger partial charge in [0.15, 0.2) is 17.1 Å². The molecular formula is C51H71N4O10PS. The molecule has 0 amide bonds. The lowest BCUT2D eigenvalue weighted by molar-refractivity contribution is -0.218. The van der Waals surface area contributed by atoms with E-state index in [4.69, 9.17) is 32.7 Å². The number of benzene rings is 3. The molecule has 2 fully saturated rings. The maximum Gasteiger partial charge on any atom is 0.408 e. The number of anilines is 1. The van der Waals surface area contributed by atoms with Gasteiger partial charge in [-0.1, -0.05) is 126 Å². The van der Waals surface area contributed by atoms with Gasteiger partial charge in [0.2, 0.25) is 0 Å². The van der Waals surface area contributed by atoms with Crippen molar-refractivity contribution >= 4 is 30.4 Å². The number of hydrogen-bond donors (Lipinski definition) is 1. The molecule has 6 rings (SSSR count). The van der Waals surface area contributed by atoms with E-state index in [1.165, 1.54) is 22.7 Å². The van der Waals surface area contributed by atoms with Crippen molar-refractivity contribution in [3.8, 4) is 11.5 Å². The summed E-state index contributed by atoms with van der Waals surface area (Å²) in [5.74, 6) is 0.981. The number of methoxy groups -OCH3 is 2. The Morgan fingerprint density at radius 3 is 2.04 bits per heavy atom. The van der Waals surface area contributed by atoms with E-state index in [0.717, 1.165) is 48.8 Å². The minimum absolute atomic E-state index is 0.0419. The summed E-state index contributed by atoms with van der Waals surface area (Å²) in [5, 5.41) is 3.73. The third-order valence-corrected chi connectivity index (χ3v) is 16.1. The summed E-state index contributed by atoms with van der Waals surface area (Å²) in [4.78, 5) is 31.9. The average molecular weight is 963 g/mol. The number of nitrogens with one attached hydrogen (secondary N) is 1. The molecule has 3 heterocycles. The van der Waals surface area contributed by atoms with Crippen LogP contribution < -0.4 is 20.5 Å². The molecule has 0 spiro atoms. The highest BCUT2D eigenvalue weighted by molar-refractivity contribution is 8.13. The summed E-state index contributed by atoms with van der Waals surface area (Å²) in [6.45, 7) is 13.8. The SMILES string of the molecule is CCCCCCCCN(C)P(=O)(OCCSC(=O)C(C)(C)CC)OC[C@H]1O[C@@H](n2ccc(NC(c3ccccc3)(c3ccc(OC)cc3)c3ccc(OC)cc3)nc2=O)[C@@]2(C)OC(C)(C)OC12. The molecular weight excluding hydrogens is 892 g/mol. The standard InChI is InChI=1S/C51H71N4O10PS/c1-11-13-14-15-16-20-32-54(8)66(58,61-34-35-67-46(56)48(3,4)12-2)62-36-42-44-50(7,65-49(5,6)64-44)45(63-42)55-33-31-43(52-47(55)57)53-51(37-21-18-17-19-22-37,38-23-27-40(59-9)28-24-38)39-25-29-41(60-10)30-26-39/h17-19,21-31,33,42,44-45H,11-16,20,32,34-36H2,1-10H3,(H,52,53,57)/t42-,44?,45-,50+,66?/m1/s1. The number of hydrogen-bond acceptors (Lipinski definition) is 13. The van der Waals surface area contributed by atoms with E-state index in [9.17, 15) is 14.2 Å². The van der Waals surface area contributed by atoms with E-state index >= 15 is 0 Å². The molecule has 2 aliphatic rings. The van der Waals surface area contributed by atoms with Gasteiger partial charge in [0.1, 0.15) is 40.7 Å². The number of nitrogens with zero attached hydrogens (tertiary/aromatic N) is 3. The summed E-state index contributed by atoms with van der Waals surface area (Å²) in [5.41, 5.74) is -0.636. The minimum Gasteiger partial charge on any atom is -0.497 e. The van der Waals surface area contributed by atoms with Crippen molar-refractivity contribution in [2.75, 3.05) is 52.1 Å². The highest BCUT2D eigenvalue weighted by atomic mass is 32.2. The van der Waals surface area contributed by atoms with Crippen LogP contribution in [0, 0.1) is 5.41 Å². The maximum atomic E-state index is 14.7. The molecule has 0 radical (unpaired) electrons. The van der Waals surface area contributed by atoms with E-state index in [-0.39, 0.29) is 18.3 Å². The van der Waals surface area contributed by atoms with E-state index in [2.05, 4.69) is 17.2 Å². The van der Waals surface area contributed by atoms with Crippen LogP contribution in [0.3, 0.4) is 0 Å². The Morgan fingerprint density at radius 1 is 0.866 bits per heavy atom. The topological polar surface area (TPSA) is 149 Å². The van der Waals surface area contributed by atoms with E-state index < -0.39 is 54.2 Å². The second-order valence-corrected chi connectivity index (χ2v) is 21.8. The normalized spacial score (nSPS) is 21.2. The monoisotopic (exact) mass is 962 g/mol. The summed E-state index contributed by atoms with van der Waals surface area (Å²) in [6, 6.07) is 27.3. The number of carbonyl (C=O) groups excluding carboxylic acids is 1. The second-order valence-electron chi connectivity index (χ2n) is 18.6. The Kier molecular flexibility index (Phi) is 17.6. The quantitative estimate of drug-likeness (QED) is 0.0381. The molecule has 1 aromatic heterocycles. The smallest absolute Gasteiger partial charge is 0.408 e. The van der Waals surface area contributed by atoms with Crippen LogP contribution in [0.1, 0.15) is 116 Å². The fraction of sp³-hybridized carbons (Fsp3) is 0.549. The lowest BCUT2D eigenvalue weighted by Crippen LogP contribution is -2.45. The third-order valence-electron chi connectivity index (χ3n) is 12.9. The first kappa shape index (κ1) is 52.3. The molecule has 0 saturated carbocycles. The van der Waals surface area contributed by atoms with Crippen LogP contribution in [0.25, 0.3) is 0 Å². The number of thioether (sulfide) groups is 1. The van der Waals surface area contributed by atoms with Crippen molar-refractivity contribution in [3.05, 3.63) is 118 Å². The summed E-state index contributed by atoms with van der Waals surface area (Å²) < 4.78 is 60.9. The Labute approximate surface area is 401 Å². The van der Waals surface area contributed by atoms with Crippen molar-refractivity contribution < 1.29 is 42.1 Å². The molecule has 4 aromatic rings. The predicted octanol–water partition coefficient (Wildman–Crippen LogP) is 10.6. The molecule has 0 bridgehead atoms. The van der Waals surface area contributed by atoms with Crippen molar-refractivity contribution in [2.24, 2.45) is 5.41 Å². The van der Waals surface area contributed by atoms with Crippen LogP contribution in [-0.2, 0) is 38.2 Å². The van der Waals surface area contributed by atoms with Crippen LogP contribution >= 0.6 is 19.5 Å². The summed E-state index contributed by atoms with van der Waals surface area (Å²) in [7, 11) is 1.08. The van der Waals surface area contributed by atoms with E-state index in [1.54, 1.807) is 38.2 Å². The molecule has 67 heavy (non-hydrogen) atoms.